The van der Waals surface area contributed by atoms with E-state index < -0.39 is 19.9 Å². The molecule has 0 unspecified atom stereocenters. The Morgan fingerprint density at radius 2 is 0.688 bits per heavy atom. The first-order valence-corrected chi connectivity index (χ1v) is 5.04. The molecule has 0 N–H and O–H groups in total. The Hall–Kier alpha value is 1.32. The number of alkyl halides is 12. The third-order valence-electron chi connectivity index (χ3n) is 0.643. The van der Waals surface area contributed by atoms with Gasteiger partial charge in [-0.25, -0.2) is 0 Å². The van der Waals surface area contributed by atoms with Crippen LogP contribution in [0.25, 0.3) is 0 Å². The van der Waals surface area contributed by atoms with Crippen molar-refractivity contribution in [3.05, 3.63) is 0 Å². The van der Waals surface area contributed by atoms with Gasteiger partial charge < -0.3 is 0 Å². The van der Waals surface area contributed by atoms with Crippen molar-refractivity contribution >= 4 is 69.6 Å². The molecule has 12 heteroatoms. The van der Waals surface area contributed by atoms with Crippen molar-refractivity contribution in [3.8, 4) is 0 Å². The molecular formula is C4Cl6F6. The monoisotopic (exact) mass is 372 g/mol. The van der Waals surface area contributed by atoms with Gasteiger partial charge in [0, 0.05) is 0 Å². The third-order valence-corrected chi connectivity index (χ3v) is 2.21. The lowest BCUT2D eigenvalue weighted by Crippen LogP contribution is -2.27. The van der Waals surface area contributed by atoms with Crippen LogP contribution in [0, 0.1) is 0 Å². The zero-order valence-corrected chi connectivity index (χ0v) is 11.1. The van der Waals surface area contributed by atoms with Crippen LogP contribution in [0.3, 0.4) is 0 Å². The van der Waals surface area contributed by atoms with E-state index >= 15 is 0 Å². The molecule has 0 nitrogen and oxygen atoms in total. The Kier molecular flexibility index (Phi) is 7.34. The van der Waals surface area contributed by atoms with E-state index in [1.807, 2.05) is 0 Å². The van der Waals surface area contributed by atoms with Gasteiger partial charge in [0.05, 0.1) is 0 Å². The minimum atomic E-state index is -4.77. The van der Waals surface area contributed by atoms with Crippen LogP contribution >= 0.6 is 69.6 Å². The fourth-order valence-electron chi connectivity index (χ4n) is 0. The average molecular weight is 375 g/mol. The van der Waals surface area contributed by atoms with Gasteiger partial charge in [-0.3, -0.25) is 0 Å². The summed E-state index contributed by atoms with van der Waals surface area (Å²) >= 11 is 25.7. The molecule has 0 saturated heterocycles. The van der Waals surface area contributed by atoms with Crippen molar-refractivity contribution in [2.75, 3.05) is 0 Å². The van der Waals surface area contributed by atoms with E-state index in [0.717, 1.165) is 0 Å². The SMILES string of the molecule is FC(F)(Cl)C(F)(Cl)Cl.FC(F)(F)C(Cl)(Cl)Cl. The number of rotatable bonds is 1. The van der Waals surface area contributed by atoms with Gasteiger partial charge in [-0.15, -0.1) is 0 Å². The number of hydrogen-bond donors (Lipinski definition) is 0. The van der Waals surface area contributed by atoms with Crippen molar-refractivity contribution in [3.63, 3.8) is 0 Å². The first kappa shape index (κ1) is 19.7. The molecule has 0 radical (unpaired) electrons. The molecule has 0 amide bonds. The molecule has 0 aromatic carbocycles. The molecule has 0 atom stereocenters. The Balaban J connectivity index is 0. The van der Waals surface area contributed by atoms with Crippen LogP contribution in [-0.2, 0) is 0 Å². The largest absolute Gasteiger partial charge is 0.435 e. The smallest absolute Gasteiger partial charge is 0.199 e. The molecule has 0 aromatic heterocycles. The molecule has 0 aliphatic heterocycles. The summed E-state index contributed by atoms with van der Waals surface area (Å²) < 4.78 is 60.9. The minimum absolute atomic E-state index is 3.15. The van der Waals surface area contributed by atoms with Crippen molar-refractivity contribution in [1.29, 1.82) is 0 Å². The molecule has 0 aliphatic carbocycles. The summed E-state index contributed by atoms with van der Waals surface area (Å²) in [6, 6.07) is 0. The second-order valence-corrected chi connectivity index (χ2v) is 5.98. The van der Waals surface area contributed by atoms with Crippen LogP contribution in [0.5, 0.6) is 0 Å². The standard InChI is InChI=1S/2C2Cl3F3/c3-1(4,6)2(5,7)8;3-1(4,5)2(6,7)8. The van der Waals surface area contributed by atoms with Crippen molar-refractivity contribution < 1.29 is 26.3 Å². The van der Waals surface area contributed by atoms with Gasteiger partial charge in [-0.05, 0) is 11.6 Å². The highest BCUT2D eigenvalue weighted by molar-refractivity contribution is 6.68. The van der Waals surface area contributed by atoms with Crippen LogP contribution in [-0.4, -0.2) is 19.9 Å². The van der Waals surface area contributed by atoms with E-state index in [-0.39, 0.29) is 0 Å². The van der Waals surface area contributed by atoms with Gasteiger partial charge >= 0.3 is 16.1 Å². The van der Waals surface area contributed by atoms with Crippen LogP contribution < -0.4 is 0 Å². The van der Waals surface area contributed by atoms with Crippen LogP contribution in [0.2, 0.25) is 0 Å². The molecule has 100 valence electrons. The Morgan fingerprint density at radius 1 is 0.562 bits per heavy atom. The predicted molar refractivity (Wildman–Crippen MR) is 52.7 cm³/mol. The summed E-state index contributed by atoms with van der Waals surface area (Å²) in [7, 11) is 0. The summed E-state index contributed by atoms with van der Waals surface area (Å²) in [5.74, 6) is 0. The normalized spacial score (nSPS) is 14.2. The fraction of sp³-hybridized carbons (Fsp3) is 1.00. The lowest BCUT2D eigenvalue weighted by atomic mass is 10.8. The first-order valence-electron chi connectivity index (χ1n) is 2.77. The third kappa shape index (κ3) is 8.42. The molecule has 0 aromatic rings. The quantitative estimate of drug-likeness (QED) is 0.399. The van der Waals surface area contributed by atoms with E-state index in [1.165, 1.54) is 0 Å². The Morgan fingerprint density at radius 3 is 0.688 bits per heavy atom. The lowest BCUT2D eigenvalue weighted by Gasteiger charge is -2.13. The molecule has 0 spiro atoms. The molecule has 0 bridgehead atoms. The lowest BCUT2D eigenvalue weighted by molar-refractivity contribution is -0.124. The van der Waals surface area contributed by atoms with E-state index in [9.17, 15) is 26.3 Å². The van der Waals surface area contributed by atoms with E-state index in [2.05, 4.69) is 69.6 Å². The average Bonchev–Trinajstić information content (AvgIpc) is 1.77. The molecular weight excluding hydrogens is 375 g/mol. The highest BCUT2D eigenvalue weighted by Gasteiger charge is 2.51. The highest BCUT2D eigenvalue weighted by Crippen LogP contribution is 2.43. The Bertz CT molecular complexity index is 159. The van der Waals surface area contributed by atoms with Crippen molar-refractivity contribution in [1.82, 2.24) is 0 Å². The topological polar surface area (TPSA) is 0 Å². The molecule has 0 heterocycles. The summed E-state index contributed by atoms with van der Waals surface area (Å²) in [6.07, 6.45) is -4.77. The highest BCUT2D eigenvalue weighted by atomic mass is 35.6. The predicted octanol–water partition coefficient (Wildman–Crippen LogP) is 5.84. The molecule has 0 fully saturated rings. The molecule has 0 rings (SSSR count). The maximum absolute atomic E-state index is 11.5. The van der Waals surface area contributed by atoms with Gasteiger partial charge in [0.1, 0.15) is 0 Å². The summed E-state index contributed by atoms with van der Waals surface area (Å²) in [5.41, 5.74) is 0. The van der Waals surface area contributed by atoms with Crippen LogP contribution in [0.1, 0.15) is 0 Å². The maximum atomic E-state index is 11.5. The molecule has 0 aliphatic rings. The van der Waals surface area contributed by atoms with E-state index in [1.54, 1.807) is 0 Å². The van der Waals surface area contributed by atoms with Gasteiger partial charge in [0.25, 0.3) is 3.79 Å². The Labute approximate surface area is 116 Å². The second-order valence-electron chi connectivity index (χ2n) is 1.99. The first-order chi connectivity index (χ1) is 6.50. The summed E-state index contributed by atoms with van der Waals surface area (Å²) in [6.45, 7) is 0. The number of halogens is 12. The zero-order valence-electron chi connectivity index (χ0n) is 6.54. The van der Waals surface area contributed by atoms with Gasteiger partial charge in [0.15, 0.2) is 0 Å². The van der Waals surface area contributed by atoms with Gasteiger partial charge in [0.2, 0.25) is 0 Å². The van der Waals surface area contributed by atoms with E-state index in [4.69, 9.17) is 0 Å². The van der Waals surface area contributed by atoms with Gasteiger partial charge in [-0.2, -0.15) is 26.3 Å². The fourth-order valence-corrected chi connectivity index (χ4v) is 0. The molecule has 0 saturated carbocycles. The van der Waals surface area contributed by atoms with Crippen molar-refractivity contribution in [2.24, 2.45) is 0 Å². The minimum Gasteiger partial charge on any atom is -0.199 e. The van der Waals surface area contributed by atoms with Crippen LogP contribution in [0.15, 0.2) is 0 Å². The number of hydrogen-bond acceptors (Lipinski definition) is 0. The van der Waals surface area contributed by atoms with Crippen molar-refractivity contribution in [2.45, 2.75) is 19.9 Å². The summed E-state index contributed by atoms with van der Waals surface area (Å²) in [4.78, 5) is 0. The summed E-state index contributed by atoms with van der Waals surface area (Å²) in [5, 5.41) is -4.23. The van der Waals surface area contributed by atoms with Gasteiger partial charge in [-0.1, -0.05) is 58.0 Å². The second kappa shape index (κ2) is 5.97. The van der Waals surface area contributed by atoms with E-state index in [0.29, 0.717) is 0 Å². The molecule has 16 heavy (non-hydrogen) atoms. The zero-order chi connectivity index (χ0) is 14.0. The van der Waals surface area contributed by atoms with Crippen LogP contribution in [0.4, 0.5) is 26.3 Å². The maximum Gasteiger partial charge on any atom is 0.435 e.